The molecule has 2 saturated heterocycles. The van der Waals surface area contributed by atoms with Crippen LogP contribution in [0.3, 0.4) is 0 Å². The highest BCUT2D eigenvalue weighted by Crippen LogP contribution is 2.33. The Morgan fingerprint density at radius 2 is 1.48 bits per heavy atom. The molecule has 0 bridgehead atoms. The second kappa shape index (κ2) is 9.55. The maximum atomic E-state index is 12.9. The first-order valence-corrected chi connectivity index (χ1v) is 12.5. The summed E-state index contributed by atoms with van der Waals surface area (Å²) in [5.41, 5.74) is 2.14. The Labute approximate surface area is 185 Å². The summed E-state index contributed by atoms with van der Waals surface area (Å²) in [5.74, 6) is 1.08. The number of ether oxygens (including phenoxy) is 2. The number of nitrogens with zero attached hydrogens (tertiary/aromatic N) is 1. The van der Waals surface area contributed by atoms with Gasteiger partial charge in [-0.05, 0) is 92.2 Å². The standard InChI is InChI=1S/C25H31NO4S/c1-19(21-11-15-26(16-12-21)22-13-17-30-18-14-22)20-3-7-24(8-4-20)31(27,28)25-9-5-23(29-2)6-10-25/h3-10,21-22H,1,11-18H2,2H3. The van der Waals surface area contributed by atoms with Crippen molar-refractivity contribution in [2.45, 2.75) is 41.5 Å². The normalized spacial score (nSPS) is 19.3. The van der Waals surface area contributed by atoms with Gasteiger partial charge in [-0.3, -0.25) is 0 Å². The van der Waals surface area contributed by atoms with Crippen LogP contribution in [0.1, 0.15) is 31.2 Å². The fourth-order valence-electron chi connectivity index (χ4n) is 4.64. The molecule has 2 aliphatic rings. The van der Waals surface area contributed by atoms with E-state index in [0.29, 0.717) is 22.6 Å². The van der Waals surface area contributed by atoms with Crippen LogP contribution in [0.15, 0.2) is 64.9 Å². The van der Waals surface area contributed by atoms with Gasteiger partial charge in [0.25, 0.3) is 0 Å². The van der Waals surface area contributed by atoms with Crippen molar-refractivity contribution in [3.63, 3.8) is 0 Å². The van der Waals surface area contributed by atoms with Gasteiger partial charge in [0.2, 0.25) is 9.84 Å². The molecule has 4 rings (SSSR count). The van der Waals surface area contributed by atoms with Crippen molar-refractivity contribution in [1.29, 1.82) is 0 Å². The molecule has 0 saturated carbocycles. The van der Waals surface area contributed by atoms with Crippen LogP contribution in [-0.4, -0.2) is 52.8 Å². The summed E-state index contributed by atoms with van der Waals surface area (Å²) < 4.78 is 36.5. The highest BCUT2D eigenvalue weighted by molar-refractivity contribution is 7.91. The minimum absolute atomic E-state index is 0.264. The van der Waals surface area contributed by atoms with Crippen molar-refractivity contribution in [3.05, 3.63) is 60.7 Å². The summed E-state index contributed by atoms with van der Waals surface area (Å²) >= 11 is 0. The Kier molecular flexibility index (Phi) is 6.80. The molecule has 2 fully saturated rings. The summed E-state index contributed by atoms with van der Waals surface area (Å²) in [5, 5.41) is 0. The number of piperidine rings is 1. The highest BCUT2D eigenvalue weighted by Gasteiger charge is 2.28. The van der Waals surface area contributed by atoms with Crippen molar-refractivity contribution in [2.24, 2.45) is 5.92 Å². The molecule has 5 nitrogen and oxygen atoms in total. The Bertz CT molecular complexity index is 985. The molecule has 0 radical (unpaired) electrons. The van der Waals surface area contributed by atoms with E-state index in [1.54, 1.807) is 43.5 Å². The predicted octanol–water partition coefficient (Wildman–Crippen LogP) is 4.43. The third-order valence-electron chi connectivity index (χ3n) is 6.63. The van der Waals surface area contributed by atoms with E-state index < -0.39 is 9.84 Å². The largest absolute Gasteiger partial charge is 0.497 e. The summed E-state index contributed by atoms with van der Waals surface area (Å²) in [4.78, 5) is 3.17. The van der Waals surface area contributed by atoms with E-state index in [0.717, 1.165) is 63.1 Å². The van der Waals surface area contributed by atoms with Gasteiger partial charge in [0.05, 0.1) is 16.9 Å². The monoisotopic (exact) mass is 441 g/mol. The fourth-order valence-corrected chi connectivity index (χ4v) is 5.90. The van der Waals surface area contributed by atoms with Crippen molar-refractivity contribution < 1.29 is 17.9 Å². The lowest BCUT2D eigenvalue weighted by atomic mass is 9.85. The van der Waals surface area contributed by atoms with E-state index in [9.17, 15) is 8.42 Å². The summed E-state index contributed by atoms with van der Waals surface area (Å²) in [6.07, 6.45) is 4.47. The lowest BCUT2D eigenvalue weighted by Crippen LogP contribution is -2.44. The van der Waals surface area contributed by atoms with Crippen LogP contribution in [-0.2, 0) is 14.6 Å². The number of rotatable bonds is 6. The average molecular weight is 442 g/mol. The predicted molar refractivity (Wildman–Crippen MR) is 122 cm³/mol. The summed E-state index contributed by atoms with van der Waals surface area (Å²) in [6, 6.07) is 14.3. The van der Waals surface area contributed by atoms with Gasteiger partial charge < -0.3 is 14.4 Å². The Hall–Kier alpha value is -2.15. The van der Waals surface area contributed by atoms with Crippen molar-refractivity contribution in [1.82, 2.24) is 4.90 Å². The fraction of sp³-hybridized carbons (Fsp3) is 0.440. The molecule has 31 heavy (non-hydrogen) atoms. The maximum absolute atomic E-state index is 12.9. The van der Waals surface area contributed by atoms with Gasteiger partial charge in [0, 0.05) is 19.3 Å². The van der Waals surface area contributed by atoms with Gasteiger partial charge >= 0.3 is 0 Å². The average Bonchev–Trinajstić information content (AvgIpc) is 2.84. The molecular weight excluding hydrogens is 410 g/mol. The molecule has 0 atom stereocenters. The Morgan fingerprint density at radius 1 is 0.935 bits per heavy atom. The van der Waals surface area contributed by atoms with E-state index in [1.165, 1.54) is 0 Å². The molecular formula is C25H31NO4S. The number of benzene rings is 2. The van der Waals surface area contributed by atoms with Crippen LogP contribution in [0.4, 0.5) is 0 Å². The molecule has 2 aliphatic heterocycles. The highest BCUT2D eigenvalue weighted by atomic mass is 32.2. The molecule has 6 heteroatoms. The first-order chi connectivity index (χ1) is 15.0. The zero-order valence-electron chi connectivity index (χ0n) is 18.1. The molecule has 0 unspecified atom stereocenters. The second-order valence-corrected chi connectivity index (χ2v) is 10.3. The second-order valence-electron chi connectivity index (χ2n) is 8.38. The number of allylic oxidation sites excluding steroid dienone is 1. The molecule has 2 heterocycles. The zero-order valence-corrected chi connectivity index (χ0v) is 18.9. The number of sulfone groups is 1. The van der Waals surface area contributed by atoms with Crippen molar-refractivity contribution in [2.75, 3.05) is 33.4 Å². The Balaban J connectivity index is 1.40. The van der Waals surface area contributed by atoms with Crippen LogP contribution in [0, 0.1) is 5.92 Å². The Morgan fingerprint density at radius 3 is 2.03 bits per heavy atom. The smallest absolute Gasteiger partial charge is 0.206 e. The molecule has 166 valence electrons. The number of likely N-dealkylation sites (tertiary alicyclic amines) is 1. The van der Waals surface area contributed by atoms with Crippen LogP contribution in [0.5, 0.6) is 5.75 Å². The molecule has 2 aromatic carbocycles. The SMILES string of the molecule is C=C(c1ccc(S(=O)(=O)c2ccc(OC)cc2)cc1)C1CCN(C2CCOCC2)CC1. The molecule has 0 spiro atoms. The topological polar surface area (TPSA) is 55.8 Å². The van der Waals surface area contributed by atoms with Gasteiger partial charge in [-0.15, -0.1) is 0 Å². The minimum atomic E-state index is -3.55. The minimum Gasteiger partial charge on any atom is -0.497 e. The van der Waals surface area contributed by atoms with Crippen LogP contribution in [0.2, 0.25) is 0 Å². The van der Waals surface area contributed by atoms with Crippen molar-refractivity contribution in [3.8, 4) is 5.75 Å². The third kappa shape index (κ3) is 4.86. The van der Waals surface area contributed by atoms with E-state index in [4.69, 9.17) is 9.47 Å². The number of hydrogen-bond donors (Lipinski definition) is 0. The number of hydrogen-bond acceptors (Lipinski definition) is 5. The van der Waals surface area contributed by atoms with Crippen molar-refractivity contribution >= 4 is 15.4 Å². The molecule has 2 aromatic rings. The summed E-state index contributed by atoms with van der Waals surface area (Å²) in [7, 11) is -1.99. The van der Waals surface area contributed by atoms with E-state index in [-0.39, 0.29) is 4.90 Å². The van der Waals surface area contributed by atoms with Crippen LogP contribution >= 0.6 is 0 Å². The number of methoxy groups -OCH3 is 1. The van der Waals surface area contributed by atoms with Gasteiger partial charge in [0.15, 0.2) is 0 Å². The lowest BCUT2D eigenvalue weighted by molar-refractivity contribution is 0.0242. The maximum Gasteiger partial charge on any atom is 0.206 e. The molecule has 0 aliphatic carbocycles. The third-order valence-corrected chi connectivity index (χ3v) is 8.42. The quantitative estimate of drug-likeness (QED) is 0.664. The van der Waals surface area contributed by atoms with Crippen LogP contribution in [0.25, 0.3) is 5.57 Å². The van der Waals surface area contributed by atoms with Gasteiger partial charge in [-0.25, -0.2) is 8.42 Å². The molecule has 0 N–H and O–H groups in total. The van der Waals surface area contributed by atoms with Crippen LogP contribution < -0.4 is 4.74 Å². The zero-order chi connectivity index (χ0) is 21.8. The van der Waals surface area contributed by atoms with Gasteiger partial charge in [-0.2, -0.15) is 0 Å². The molecule has 0 aromatic heterocycles. The van der Waals surface area contributed by atoms with E-state index in [2.05, 4.69) is 11.5 Å². The molecule has 0 amide bonds. The first kappa shape index (κ1) is 22.1. The van der Waals surface area contributed by atoms with Gasteiger partial charge in [-0.1, -0.05) is 18.7 Å². The van der Waals surface area contributed by atoms with E-state index >= 15 is 0 Å². The summed E-state index contributed by atoms with van der Waals surface area (Å²) in [6.45, 7) is 8.30. The first-order valence-electron chi connectivity index (χ1n) is 11.0. The van der Waals surface area contributed by atoms with Gasteiger partial charge in [0.1, 0.15) is 5.75 Å². The lowest BCUT2D eigenvalue weighted by Gasteiger charge is -2.39. The van der Waals surface area contributed by atoms with E-state index in [1.807, 2.05) is 12.1 Å².